The fraction of sp³-hybridized carbons (Fsp3) is 0.875. The second kappa shape index (κ2) is 6.16. The van der Waals surface area contributed by atoms with Crippen molar-refractivity contribution in [1.29, 1.82) is 5.41 Å². The molecule has 2 N–H and O–H groups in total. The van der Waals surface area contributed by atoms with E-state index >= 15 is 0 Å². The average Bonchev–Trinajstić information content (AvgIpc) is 2.22. The van der Waals surface area contributed by atoms with E-state index in [1.165, 1.54) is 19.3 Å². The lowest BCUT2D eigenvalue weighted by Gasteiger charge is -2.15. The van der Waals surface area contributed by atoms with E-state index in [4.69, 9.17) is 10.5 Å². The topological polar surface area (TPSA) is 47.3 Å². The molecule has 3 heteroatoms. The first-order valence-electron chi connectivity index (χ1n) is 4.04. The van der Waals surface area contributed by atoms with E-state index in [-0.39, 0.29) is 0 Å². The molecule has 0 saturated carbocycles. The molecule has 1 heterocycles. The highest BCUT2D eigenvalue weighted by Gasteiger charge is 2.07. The zero-order valence-corrected chi connectivity index (χ0v) is 7.43. The highest BCUT2D eigenvalue weighted by atomic mass is 16.2. The van der Waals surface area contributed by atoms with E-state index in [0.29, 0.717) is 0 Å². The maximum Gasteiger partial charge on any atom is 0.0955 e. The van der Waals surface area contributed by atoms with Crippen LogP contribution in [0.15, 0.2) is 0 Å². The fourth-order valence-corrected chi connectivity index (χ4v) is 1.14. The van der Waals surface area contributed by atoms with Crippen LogP contribution in [0, 0.1) is 5.41 Å². The van der Waals surface area contributed by atoms with Gasteiger partial charge in [-0.1, -0.05) is 6.42 Å². The molecule has 0 aromatic heterocycles. The zero-order chi connectivity index (χ0) is 8.69. The van der Waals surface area contributed by atoms with Crippen LogP contribution >= 0.6 is 0 Å². The van der Waals surface area contributed by atoms with Crippen molar-refractivity contribution in [3.05, 3.63) is 0 Å². The van der Waals surface area contributed by atoms with Gasteiger partial charge in [0, 0.05) is 27.1 Å². The molecule has 1 rings (SSSR count). The Balaban J connectivity index is 0.000000461. The van der Waals surface area contributed by atoms with Gasteiger partial charge in [-0.05, 0) is 12.8 Å². The van der Waals surface area contributed by atoms with Crippen molar-refractivity contribution in [3.8, 4) is 0 Å². The van der Waals surface area contributed by atoms with E-state index < -0.39 is 0 Å². The lowest BCUT2D eigenvalue weighted by Crippen LogP contribution is -2.24. The van der Waals surface area contributed by atoms with Crippen LogP contribution in [0.25, 0.3) is 0 Å². The van der Waals surface area contributed by atoms with Gasteiger partial charge in [-0.25, -0.2) is 0 Å². The number of hydrogen-bond donors (Lipinski definition) is 2. The molecule has 1 saturated heterocycles. The minimum absolute atomic E-state index is 0.813. The van der Waals surface area contributed by atoms with Crippen LogP contribution in [-0.2, 0) is 0 Å². The van der Waals surface area contributed by atoms with E-state index in [0.717, 1.165) is 25.9 Å². The monoisotopic (exact) mass is 158 g/mol. The van der Waals surface area contributed by atoms with Crippen molar-refractivity contribution in [1.82, 2.24) is 4.90 Å². The number of nitrogens with zero attached hydrogens (tertiary/aromatic N) is 1. The largest absolute Gasteiger partial charge is 0.400 e. The molecule has 0 unspecified atom stereocenters. The number of likely N-dealkylation sites (tertiary alicyclic amines) is 1. The summed E-state index contributed by atoms with van der Waals surface area (Å²) < 4.78 is 0. The lowest BCUT2D eigenvalue weighted by atomic mass is 10.2. The number of nitrogens with one attached hydrogen (secondary N) is 1. The number of aliphatic hydroxyl groups excluding tert-OH is 1. The van der Waals surface area contributed by atoms with Gasteiger partial charge in [0.1, 0.15) is 0 Å². The molecule has 1 aliphatic heterocycles. The third-order valence-corrected chi connectivity index (χ3v) is 1.87. The third-order valence-electron chi connectivity index (χ3n) is 1.87. The van der Waals surface area contributed by atoms with Gasteiger partial charge in [0.25, 0.3) is 0 Å². The van der Waals surface area contributed by atoms with Crippen molar-refractivity contribution in [2.24, 2.45) is 0 Å². The van der Waals surface area contributed by atoms with Gasteiger partial charge in [0.05, 0.1) is 5.84 Å². The second-order valence-electron chi connectivity index (χ2n) is 2.68. The molecule has 0 spiro atoms. The Morgan fingerprint density at radius 2 is 1.91 bits per heavy atom. The van der Waals surface area contributed by atoms with Crippen molar-refractivity contribution in [2.45, 2.75) is 25.7 Å². The Kier molecular flexibility index (Phi) is 5.84. The highest BCUT2D eigenvalue weighted by molar-refractivity contribution is 5.78. The van der Waals surface area contributed by atoms with Crippen LogP contribution in [0.5, 0.6) is 0 Å². The SMILES string of the molecule is CN1CCCCCC1=N.CO. The molecular formula is C8H18N2O. The molecule has 0 bridgehead atoms. The first kappa shape index (κ1) is 10.4. The van der Waals surface area contributed by atoms with Gasteiger partial charge in [-0.3, -0.25) is 5.41 Å². The summed E-state index contributed by atoms with van der Waals surface area (Å²) in [5.41, 5.74) is 0. The normalized spacial score (nSPS) is 18.5. The van der Waals surface area contributed by atoms with Crippen molar-refractivity contribution in [2.75, 3.05) is 20.7 Å². The van der Waals surface area contributed by atoms with Gasteiger partial charge in [0.2, 0.25) is 0 Å². The lowest BCUT2D eigenvalue weighted by molar-refractivity contribution is 0.399. The van der Waals surface area contributed by atoms with Crippen LogP contribution in [0.1, 0.15) is 25.7 Å². The van der Waals surface area contributed by atoms with Crippen molar-refractivity contribution in [3.63, 3.8) is 0 Å². The number of rotatable bonds is 0. The Morgan fingerprint density at radius 3 is 2.55 bits per heavy atom. The summed E-state index contributed by atoms with van der Waals surface area (Å²) in [6, 6.07) is 0. The summed E-state index contributed by atoms with van der Waals surface area (Å²) in [4.78, 5) is 2.05. The van der Waals surface area contributed by atoms with Gasteiger partial charge in [-0.15, -0.1) is 0 Å². The van der Waals surface area contributed by atoms with Crippen molar-refractivity contribution >= 4 is 5.84 Å². The molecule has 1 aliphatic rings. The van der Waals surface area contributed by atoms with Crippen LogP contribution in [0.3, 0.4) is 0 Å². The Morgan fingerprint density at radius 1 is 1.27 bits per heavy atom. The van der Waals surface area contributed by atoms with Gasteiger partial charge >= 0.3 is 0 Å². The predicted octanol–water partition coefficient (Wildman–Crippen LogP) is 1.08. The summed E-state index contributed by atoms with van der Waals surface area (Å²) in [5, 5.41) is 14.5. The fourth-order valence-electron chi connectivity index (χ4n) is 1.14. The first-order chi connectivity index (χ1) is 5.30. The van der Waals surface area contributed by atoms with Crippen LogP contribution in [-0.4, -0.2) is 36.5 Å². The maximum absolute atomic E-state index is 7.46. The van der Waals surface area contributed by atoms with Crippen LogP contribution in [0.4, 0.5) is 0 Å². The first-order valence-corrected chi connectivity index (χ1v) is 4.04. The average molecular weight is 158 g/mol. The number of amidine groups is 1. The summed E-state index contributed by atoms with van der Waals surface area (Å²) in [6.45, 7) is 1.08. The summed E-state index contributed by atoms with van der Waals surface area (Å²) in [7, 11) is 3.01. The zero-order valence-electron chi connectivity index (χ0n) is 7.43. The van der Waals surface area contributed by atoms with Crippen molar-refractivity contribution < 1.29 is 5.11 Å². The molecule has 0 aliphatic carbocycles. The summed E-state index contributed by atoms with van der Waals surface area (Å²) in [5.74, 6) is 0.813. The molecule has 1 fully saturated rings. The van der Waals surface area contributed by atoms with Gasteiger partial charge in [0.15, 0.2) is 0 Å². The van der Waals surface area contributed by atoms with Gasteiger partial charge in [-0.2, -0.15) is 0 Å². The van der Waals surface area contributed by atoms with E-state index in [9.17, 15) is 0 Å². The van der Waals surface area contributed by atoms with Gasteiger partial charge < -0.3 is 10.0 Å². The highest BCUT2D eigenvalue weighted by Crippen LogP contribution is 2.08. The number of hydrogen-bond acceptors (Lipinski definition) is 2. The standard InChI is InChI=1S/C7H14N2.CH4O/c1-9-6-4-2-3-5-7(9)8;1-2/h8H,2-6H2,1H3;2H,1H3. The molecule has 3 nitrogen and oxygen atoms in total. The Hall–Kier alpha value is -0.570. The third kappa shape index (κ3) is 3.98. The molecule has 0 aromatic carbocycles. The van der Waals surface area contributed by atoms with E-state index in [1.807, 2.05) is 11.9 Å². The maximum atomic E-state index is 7.46. The summed E-state index contributed by atoms with van der Waals surface area (Å²) >= 11 is 0. The minimum Gasteiger partial charge on any atom is -0.400 e. The van der Waals surface area contributed by atoms with Crippen LogP contribution in [0.2, 0.25) is 0 Å². The summed E-state index contributed by atoms with van der Waals surface area (Å²) in [6.07, 6.45) is 4.76. The molecular weight excluding hydrogens is 140 g/mol. The number of aliphatic hydroxyl groups is 1. The molecule has 11 heavy (non-hydrogen) atoms. The Bertz CT molecular complexity index is 115. The predicted molar refractivity (Wildman–Crippen MR) is 47.0 cm³/mol. The van der Waals surface area contributed by atoms with E-state index in [2.05, 4.69) is 0 Å². The molecule has 66 valence electrons. The smallest absolute Gasteiger partial charge is 0.0955 e. The molecule has 0 aromatic rings. The molecule has 0 atom stereocenters. The molecule has 0 amide bonds. The quantitative estimate of drug-likeness (QED) is 0.554. The van der Waals surface area contributed by atoms with Crippen LogP contribution < -0.4 is 0 Å². The van der Waals surface area contributed by atoms with E-state index in [1.54, 1.807) is 0 Å². The Labute approximate surface area is 68.5 Å². The second-order valence-corrected chi connectivity index (χ2v) is 2.68. The molecule has 0 radical (unpaired) electrons. The minimum atomic E-state index is 0.813.